The number of nitrogens with zero attached hydrogens (tertiary/aromatic N) is 2. The highest BCUT2D eigenvalue weighted by molar-refractivity contribution is 6.21. The van der Waals surface area contributed by atoms with Crippen molar-refractivity contribution in [2.45, 2.75) is 26.0 Å². The van der Waals surface area contributed by atoms with Gasteiger partial charge in [0.2, 0.25) is 0 Å². The molecule has 3 rings (SSSR count). The van der Waals surface area contributed by atoms with Gasteiger partial charge in [0.25, 0.3) is 17.7 Å². The number of ether oxygens (including phenoxy) is 1. The molecule has 2 atom stereocenters. The summed E-state index contributed by atoms with van der Waals surface area (Å²) in [6, 6.07) is 4.67. The van der Waals surface area contributed by atoms with Gasteiger partial charge in [-0.05, 0) is 32.0 Å². The molecule has 2 aliphatic heterocycles. The summed E-state index contributed by atoms with van der Waals surface area (Å²) in [5.41, 5.74) is 1.08. The van der Waals surface area contributed by atoms with Crippen molar-refractivity contribution in [3.63, 3.8) is 0 Å². The number of hydrogen-bond donors (Lipinski definition) is 0. The minimum absolute atomic E-state index is 0.0103. The summed E-state index contributed by atoms with van der Waals surface area (Å²) in [7, 11) is 1.44. The Labute approximate surface area is 128 Å². The quantitative estimate of drug-likeness (QED) is 0.730. The average Bonchev–Trinajstić information content (AvgIpc) is 2.73. The van der Waals surface area contributed by atoms with Crippen molar-refractivity contribution in [1.82, 2.24) is 9.80 Å². The van der Waals surface area contributed by atoms with E-state index >= 15 is 0 Å². The molecule has 116 valence electrons. The van der Waals surface area contributed by atoms with Crippen LogP contribution in [0.4, 0.5) is 0 Å². The number of benzene rings is 1. The van der Waals surface area contributed by atoms with Crippen LogP contribution < -0.4 is 0 Å². The van der Waals surface area contributed by atoms with Gasteiger partial charge < -0.3 is 9.64 Å². The van der Waals surface area contributed by atoms with Gasteiger partial charge in [0, 0.05) is 19.2 Å². The molecular weight excluding hydrogens is 284 g/mol. The van der Waals surface area contributed by atoms with Gasteiger partial charge >= 0.3 is 0 Å². The summed E-state index contributed by atoms with van der Waals surface area (Å²) in [6.45, 7) is 4.87. The smallest absolute Gasteiger partial charge is 0.261 e. The van der Waals surface area contributed by atoms with Crippen molar-refractivity contribution >= 4 is 17.7 Å². The van der Waals surface area contributed by atoms with Crippen molar-refractivity contribution in [2.24, 2.45) is 0 Å². The molecule has 6 nitrogen and oxygen atoms in total. The van der Waals surface area contributed by atoms with Crippen LogP contribution in [0.5, 0.6) is 0 Å². The highest BCUT2D eigenvalue weighted by atomic mass is 16.5. The number of carbonyl (C=O) groups excluding carboxylic acids is 3. The number of imide groups is 1. The Hall–Kier alpha value is -2.21. The SMILES string of the molecule is CC1CN(C(=O)c2ccc3c(c2)C(=O)N(C)C3=O)C(C)CO1. The van der Waals surface area contributed by atoms with Crippen LogP contribution in [0.2, 0.25) is 0 Å². The fourth-order valence-corrected chi connectivity index (χ4v) is 2.85. The van der Waals surface area contributed by atoms with Crippen molar-refractivity contribution in [1.29, 1.82) is 0 Å². The number of fused-ring (bicyclic) bond motifs is 1. The van der Waals surface area contributed by atoms with E-state index in [9.17, 15) is 14.4 Å². The molecule has 2 heterocycles. The van der Waals surface area contributed by atoms with Crippen molar-refractivity contribution in [3.05, 3.63) is 34.9 Å². The van der Waals surface area contributed by atoms with Crippen molar-refractivity contribution in [3.8, 4) is 0 Å². The van der Waals surface area contributed by atoms with E-state index in [4.69, 9.17) is 4.74 Å². The lowest BCUT2D eigenvalue weighted by atomic mass is 10.0. The van der Waals surface area contributed by atoms with Gasteiger partial charge in [-0.3, -0.25) is 19.3 Å². The third kappa shape index (κ3) is 2.20. The Balaban J connectivity index is 1.92. The maximum Gasteiger partial charge on any atom is 0.261 e. The van der Waals surface area contributed by atoms with E-state index in [1.165, 1.54) is 13.1 Å². The summed E-state index contributed by atoms with van der Waals surface area (Å²) < 4.78 is 5.53. The predicted octanol–water partition coefficient (Wildman–Crippen LogP) is 1.16. The van der Waals surface area contributed by atoms with Crippen molar-refractivity contribution in [2.75, 3.05) is 20.2 Å². The standard InChI is InChI=1S/C16H18N2O4/c1-9-8-22-10(2)7-18(9)14(19)11-4-5-12-13(6-11)16(21)17(3)15(12)20/h4-6,9-10H,7-8H2,1-3H3. The first kappa shape index (κ1) is 14.7. The summed E-state index contributed by atoms with van der Waals surface area (Å²) in [5.74, 6) is -0.828. The van der Waals surface area contributed by atoms with Crippen LogP contribution in [-0.4, -0.2) is 59.9 Å². The Kier molecular flexibility index (Phi) is 3.48. The molecule has 22 heavy (non-hydrogen) atoms. The van der Waals surface area contributed by atoms with Gasteiger partial charge in [-0.15, -0.1) is 0 Å². The Morgan fingerprint density at radius 1 is 1.18 bits per heavy atom. The third-order valence-electron chi connectivity index (χ3n) is 4.21. The van der Waals surface area contributed by atoms with Gasteiger partial charge in [0.05, 0.1) is 29.9 Å². The number of hydrogen-bond acceptors (Lipinski definition) is 4. The van der Waals surface area contributed by atoms with Crippen LogP contribution in [0.15, 0.2) is 18.2 Å². The van der Waals surface area contributed by atoms with E-state index in [0.717, 1.165) is 4.90 Å². The molecule has 1 aromatic rings. The molecule has 0 aromatic heterocycles. The van der Waals surface area contributed by atoms with Crippen LogP contribution in [0.1, 0.15) is 44.9 Å². The van der Waals surface area contributed by atoms with Crippen LogP contribution in [-0.2, 0) is 4.74 Å². The topological polar surface area (TPSA) is 66.9 Å². The Morgan fingerprint density at radius 3 is 2.59 bits per heavy atom. The van der Waals surface area contributed by atoms with Gasteiger partial charge in [0.15, 0.2) is 0 Å². The average molecular weight is 302 g/mol. The molecule has 1 fully saturated rings. The monoisotopic (exact) mass is 302 g/mol. The molecule has 0 bridgehead atoms. The highest BCUT2D eigenvalue weighted by Gasteiger charge is 2.34. The minimum atomic E-state index is -0.363. The molecule has 2 unspecified atom stereocenters. The van der Waals surface area contributed by atoms with Gasteiger partial charge in [-0.1, -0.05) is 0 Å². The first-order valence-electron chi connectivity index (χ1n) is 7.29. The van der Waals surface area contributed by atoms with E-state index in [0.29, 0.717) is 29.8 Å². The van der Waals surface area contributed by atoms with Gasteiger partial charge in [-0.25, -0.2) is 0 Å². The molecule has 0 radical (unpaired) electrons. The summed E-state index contributed by atoms with van der Waals surface area (Å²) in [4.78, 5) is 39.4. The molecule has 0 saturated carbocycles. The second-order valence-corrected chi connectivity index (χ2v) is 5.88. The summed E-state index contributed by atoms with van der Waals surface area (Å²) >= 11 is 0. The number of amides is 3. The lowest BCUT2D eigenvalue weighted by Gasteiger charge is -2.36. The fraction of sp³-hybridized carbons (Fsp3) is 0.438. The number of rotatable bonds is 1. The maximum absolute atomic E-state index is 12.7. The summed E-state index contributed by atoms with van der Waals surface area (Å²) in [5, 5.41) is 0. The van der Waals surface area contributed by atoms with Crippen LogP contribution in [0.3, 0.4) is 0 Å². The second kappa shape index (κ2) is 5.21. The largest absolute Gasteiger partial charge is 0.375 e. The Morgan fingerprint density at radius 2 is 1.86 bits per heavy atom. The predicted molar refractivity (Wildman–Crippen MR) is 78.8 cm³/mol. The number of morpholine rings is 1. The van der Waals surface area contributed by atoms with E-state index < -0.39 is 0 Å². The zero-order valence-electron chi connectivity index (χ0n) is 12.8. The van der Waals surface area contributed by atoms with Crippen LogP contribution in [0, 0.1) is 0 Å². The molecule has 1 aromatic carbocycles. The van der Waals surface area contributed by atoms with Crippen molar-refractivity contribution < 1.29 is 19.1 Å². The van der Waals surface area contributed by atoms with Crippen LogP contribution in [0.25, 0.3) is 0 Å². The normalized spacial score (nSPS) is 24.7. The molecule has 0 N–H and O–H groups in total. The number of carbonyl (C=O) groups is 3. The van der Waals surface area contributed by atoms with Crippen LogP contribution >= 0.6 is 0 Å². The molecule has 0 spiro atoms. The lowest BCUT2D eigenvalue weighted by molar-refractivity contribution is -0.0387. The van der Waals surface area contributed by atoms with E-state index in [-0.39, 0.29) is 29.9 Å². The molecule has 0 aliphatic carbocycles. The molecular formula is C16H18N2O4. The van der Waals surface area contributed by atoms with Gasteiger partial charge in [-0.2, -0.15) is 0 Å². The molecule has 1 saturated heterocycles. The van der Waals surface area contributed by atoms with E-state index in [2.05, 4.69) is 0 Å². The van der Waals surface area contributed by atoms with E-state index in [1.807, 2.05) is 13.8 Å². The molecule has 6 heteroatoms. The summed E-state index contributed by atoms with van der Waals surface area (Å²) in [6.07, 6.45) is -0.0103. The van der Waals surface area contributed by atoms with Gasteiger partial charge in [0.1, 0.15) is 0 Å². The zero-order chi connectivity index (χ0) is 16.0. The lowest BCUT2D eigenvalue weighted by Crippen LogP contribution is -2.50. The second-order valence-electron chi connectivity index (χ2n) is 5.88. The fourth-order valence-electron chi connectivity index (χ4n) is 2.85. The van der Waals surface area contributed by atoms with E-state index in [1.54, 1.807) is 17.0 Å². The third-order valence-corrected chi connectivity index (χ3v) is 4.21. The Bertz CT molecular complexity index is 670. The minimum Gasteiger partial charge on any atom is -0.375 e. The zero-order valence-corrected chi connectivity index (χ0v) is 12.8. The maximum atomic E-state index is 12.7. The first-order chi connectivity index (χ1) is 10.4. The molecule has 2 aliphatic rings. The molecule has 3 amide bonds. The first-order valence-corrected chi connectivity index (χ1v) is 7.29. The highest BCUT2D eigenvalue weighted by Crippen LogP contribution is 2.24.